The van der Waals surface area contributed by atoms with Crippen molar-refractivity contribution in [2.45, 2.75) is 25.2 Å². The summed E-state index contributed by atoms with van der Waals surface area (Å²) in [5.41, 5.74) is 2.77. The largest absolute Gasteiger partial charge is 0.303 e. The Morgan fingerprint density at radius 3 is 2.48 bits per heavy atom. The van der Waals surface area contributed by atoms with Gasteiger partial charge < -0.3 is 4.90 Å². The maximum atomic E-state index is 13.4. The molecule has 0 N–H and O–H groups in total. The fraction of sp³-hybridized carbons (Fsp3) is 0.333. The molecule has 3 aromatic rings. The lowest BCUT2D eigenvalue weighted by Crippen LogP contribution is -2.34. The Balaban J connectivity index is 1.33. The lowest BCUT2D eigenvalue weighted by atomic mass is 9.94. The van der Waals surface area contributed by atoms with Gasteiger partial charge in [0.2, 0.25) is 0 Å². The third-order valence-corrected chi connectivity index (χ3v) is 5.24. The number of halogens is 2. The number of nitrogens with zero attached hydrogens (tertiary/aromatic N) is 4. The van der Waals surface area contributed by atoms with Crippen LogP contribution >= 0.6 is 0 Å². The summed E-state index contributed by atoms with van der Waals surface area (Å²) in [5.74, 6) is -1.38. The van der Waals surface area contributed by atoms with Crippen LogP contribution in [0, 0.1) is 11.6 Å². The number of likely N-dealkylation sites (tertiary alicyclic amines) is 1. The van der Waals surface area contributed by atoms with Gasteiger partial charge >= 0.3 is 0 Å². The Kier molecular flexibility index (Phi) is 5.25. The maximum absolute atomic E-state index is 13.4. The first kappa shape index (κ1) is 17.8. The molecule has 1 saturated heterocycles. The Labute approximate surface area is 157 Å². The van der Waals surface area contributed by atoms with E-state index < -0.39 is 11.6 Å². The van der Waals surface area contributed by atoms with Gasteiger partial charge in [0.05, 0.1) is 17.6 Å². The second-order valence-electron chi connectivity index (χ2n) is 7.04. The quantitative estimate of drug-likeness (QED) is 0.683. The van der Waals surface area contributed by atoms with Crippen LogP contribution in [-0.4, -0.2) is 39.5 Å². The lowest BCUT2D eigenvalue weighted by molar-refractivity contribution is 0.213. The molecule has 1 aliphatic heterocycles. The Morgan fingerprint density at radius 1 is 0.963 bits per heavy atom. The molecule has 1 aliphatic rings. The molecule has 6 heteroatoms. The summed E-state index contributed by atoms with van der Waals surface area (Å²) in [6.45, 7) is 3.14. The number of piperidine rings is 1. The minimum absolute atomic E-state index is 0.358. The zero-order valence-electron chi connectivity index (χ0n) is 15.1. The maximum Gasteiger partial charge on any atom is 0.160 e. The molecule has 4 rings (SSSR count). The second kappa shape index (κ2) is 7.96. The summed E-state index contributed by atoms with van der Waals surface area (Å²) in [6.07, 6.45) is 4.96. The monoisotopic (exact) mass is 368 g/mol. The van der Waals surface area contributed by atoms with Crippen LogP contribution in [0.1, 0.15) is 30.0 Å². The molecule has 0 unspecified atom stereocenters. The van der Waals surface area contributed by atoms with Gasteiger partial charge in [-0.25, -0.2) is 13.5 Å². The molecule has 0 saturated carbocycles. The minimum Gasteiger partial charge on any atom is -0.303 e. The number of rotatable bonds is 5. The average molecular weight is 368 g/mol. The zero-order valence-corrected chi connectivity index (χ0v) is 15.1. The van der Waals surface area contributed by atoms with E-state index in [0.29, 0.717) is 11.6 Å². The number of aromatic nitrogens is 3. The molecule has 0 aliphatic carbocycles. The van der Waals surface area contributed by atoms with E-state index >= 15 is 0 Å². The second-order valence-corrected chi connectivity index (χ2v) is 7.04. The first-order valence-corrected chi connectivity index (χ1v) is 9.33. The van der Waals surface area contributed by atoms with Gasteiger partial charge in [0, 0.05) is 18.5 Å². The third-order valence-electron chi connectivity index (χ3n) is 5.24. The van der Waals surface area contributed by atoms with Crippen LogP contribution in [-0.2, 0) is 6.42 Å². The van der Waals surface area contributed by atoms with E-state index in [2.05, 4.69) is 39.5 Å². The number of hydrogen-bond acceptors (Lipinski definition) is 3. The van der Waals surface area contributed by atoms with Crippen molar-refractivity contribution >= 4 is 0 Å². The normalized spacial score (nSPS) is 15.9. The van der Waals surface area contributed by atoms with Gasteiger partial charge in [0.15, 0.2) is 11.6 Å². The summed E-state index contributed by atoms with van der Waals surface area (Å²) in [5, 5.41) is 8.36. The van der Waals surface area contributed by atoms with Gasteiger partial charge in [0.1, 0.15) is 0 Å². The Bertz CT molecular complexity index is 886. The van der Waals surface area contributed by atoms with Crippen molar-refractivity contribution < 1.29 is 8.78 Å². The number of benzene rings is 2. The van der Waals surface area contributed by atoms with Crippen LogP contribution < -0.4 is 0 Å². The third kappa shape index (κ3) is 4.22. The van der Waals surface area contributed by atoms with Crippen molar-refractivity contribution in [2.75, 3.05) is 19.6 Å². The summed E-state index contributed by atoms with van der Waals surface area (Å²) in [4.78, 5) is 2.49. The van der Waals surface area contributed by atoms with E-state index in [9.17, 15) is 8.78 Å². The van der Waals surface area contributed by atoms with Crippen molar-refractivity contribution in [3.8, 4) is 5.69 Å². The Morgan fingerprint density at radius 2 is 1.74 bits per heavy atom. The van der Waals surface area contributed by atoms with Crippen molar-refractivity contribution in [3.05, 3.63) is 77.6 Å². The van der Waals surface area contributed by atoms with Crippen molar-refractivity contribution in [3.63, 3.8) is 0 Å². The smallest absolute Gasteiger partial charge is 0.160 e. The molecule has 0 amide bonds. The van der Waals surface area contributed by atoms with Gasteiger partial charge in [-0.15, -0.1) is 5.10 Å². The summed E-state index contributed by atoms with van der Waals surface area (Å²) in [6, 6.07) is 14.3. The average Bonchev–Trinajstić information content (AvgIpc) is 3.20. The van der Waals surface area contributed by atoms with E-state index in [1.807, 2.05) is 12.3 Å². The topological polar surface area (TPSA) is 34.0 Å². The molecule has 2 heterocycles. The van der Waals surface area contributed by atoms with Gasteiger partial charge in [-0.2, -0.15) is 0 Å². The fourth-order valence-corrected chi connectivity index (χ4v) is 3.60. The fourth-order valence-electron chi connectivity index (χ4n) is 3.60. The van der Waals surface area contributed by atoms with Crippen LogP contribution in [0.3, 0.4) is 0 Å². The SMILES string of the molecule is Fc1ccc(-n2cc(C3CCN(CCc4ccccc4)CC3)nn2)cc1F. The minimum atomic E-state index is -0.878. The molecule has 1 fully saturated rings. The van der Waals surface area contributed by atoms with E-state index in [-0.39, 0.29) is 0 Å². The first-order valence-electron chi connectivity index (χ1n) is 9.33. The molecule has 4 nitrogen and oxygen atoms in total. The molecule has 1 aromatic heterocycles. The van der Waals surface area contributed by atoms with E-state index in [1.165, 1.54) is 16.3 Å². The molecule has 2 aromatic carbocycles. The van der Waals surface area contributed by atoms with Crippen LogP contribution in [0.2, 0.25) is 0 Å². The molecule has 0 bridgehead atoms. The first-order chi connectivity index (χ1) is 13.2. The molecule has 0 atom stereocenters. The van der Waals surface area contributed by atoms with Crippen molar-refractivity contribution in [1.29, 1.82) is 0 Å². The van der Waals surface area contributed by atoms with Gasteiger partial charge in [0.25, 0.3) is 0 Å². The molecule has 27 heavy (non-hydrogen) atoms. The predicted octanol–water partition coefficient (Wildman–Crippen LogP) is 3.97. The standard InChI is InChI=1S/C21H22F2N4/c22-19-7-6-18(14-20(19)23)27-15-21(24-25-27)17-9-12-26(13-10-17)11-8-16-4-2-1-3-5-16/h1-7,14-15,17H,8-13H2. The van der Waals surface area contributed by atoms with Crippen LogP contribution in [0.15, 0.2) is 54.7 Å². The van der Waals surface area contributed by atoms with Crippen LogP contribution in [0.5, 0.6) is 0 Å². The molecular formula is C21H22F2N4. The number of hydrogen-bond donors (Lipinski definition) is 0. The summed E-state index contributed by atoms with van der Waals surface area (Å²) < 4.78 is 28.0. The van der Waals surface area contributed by atoms with Gasteiger partial charge in [-0.3, -0.25) is 0 Å². The summed E-state index contributed by atoms with van der Waals surface area (Å²) >= 11 is 0. The van der Waals surface area contributed by atoms with E-state index in [1.54, 1.807) is 0 Å². The molecule has 0 spiro atoms. The summed E-state index contributed by atoms with van der Waals surface area (Å²) in [7, 11) is 0. The van der Waals surface area contributed by atoms with Crippen LogP contribution in [0.25, 0.3) is 5.69 Å². The van der Waals surface area contributed by atoms with E-state index in [4.69, 9.17) is 0 Å². The Hall–Kier alpha value is -2.60. The predicted molar refractivity (Wildman–Crippen MR) is 99.8 cm³/mol. The lowest BCUT2D eigenvalue weighted by Gasteiger charge is -2.31. The molecular weight excluding hydrogens is 346 g/mol. The highest BCUT2D eigenvalue weighted by molar-refractivity contribution is 5.32. The van der Waals surface area contributed by atoms with Crippen LogP contribution in [0.4, 0.5) is 8.78 Å². The molecule has 0 radical (unpaired) electrons. The van der Waals surface area contributed by atoms with Crippen molar-refractivity contribution in [1.82, 2.24) is 19.9 Å². The highest BCUT2D eigenvalue weighted by Crippen LogP contribution is 2.27. The van der Waals surface area contributed by atoms with E-state index in [0.717, 1.165) is 56.7 Å². The van der Waals surface area contributed by atoms with Crippen molar-refractivity contribution in [2.24, 2.45) is 0 Å². The zero-order chi connectivity index (χ0) is 18.6. The van der Waals surface area contributed by atoms with Gasteiger partial charge in [-0.1, -0.05) is 35.5 Å². The van der Waals surface area contributed by atoms with Gasteiger partial charge in [-0.05, 0) is 50.0 Å². The highest BCUT2D eigenvalue weighted by Gasteiger charge is 2.23. The molecule has 140 valence electrons. The highest BCUT2D eigenvalue weighted by atomic mass is 19.2.